The van der Waals surface area contributed by atoms with Crippen molar-refractivity contribution >= 4 is 27.5 Å². The average molecular weight is 702 g/mol. The Morgan fingerprint density at radius 2 is 1.50 bits per heavy atom. The van der Waals surface area contributed by atoms with E-state index < -0.39 is 34.3 Å². The lowest BCUT2D eigenvalue weighted by Crippen LogP contribution is -2.55. The topological polar surface area (TPSA) is 105 Å². The second-order valence-corrected chi connectivity index (χ2v) is 14.4. The van der Waals surface area contributed by atoms with E-state index in [4.69, 9.17) is 9.47 Å². The number of hydrogen-bond donors (Lipinski definition) is 1. The molecule has 0 aromatic heterocycles. The molecule has 4 aromatic rings. The van der Waals surface area contributed by atoms with E-state index in [9.17, 15) is 22.4 Å². The number of halogens is 1. The molecular formula is C39H44FN3O6S. The summed E-state index contributed by atoms with van der Waals surface area (Å²) in [6, 6.07) is 25.2. The van der Waals surface area contributed by atoms with Crippen LogP contribution < -0.4 is 19.1 Å². The van der Waals surface area contributed by atoms with Gasteiger partial charge in [-0.05, 0) is 67.3 Å². The van der Waals surface area contributed by atoms with Gasteiger partial charge in [0.25, 0.3) is 10.0 Å². The van der Waals surface area contributed by atoms with Crippen LogP contribution in [0.2, 0.25) is 0 Å². The summed E-state index contributed by atoms with van der Waals surface area (Å²) in [5.74, 6) is -0.946. The Morgan fingerprint density at radius 1 is 0.840 bits per heavy atom. The smallest absolute Gasteiger partial charge is 0.264 e. The predicted octanol–water partition coefficient (Wildman–Crippen LogP) is 6.44. The first-order valence-corrected chi connectivity index (χ1v) is 18.2. The fraction of sp³-hybridized carbons (Fsp3) is 0.333. The lowest BCUT2D eigenvalue weighted by Gasteiger charge is -2.35. The zero-order valence-electron chi connectivity index (χ0n) is 28.7. The Morgan fingerprint density at radius 3 is 2.14 bits per heavy atom. The van der Waals surface area contributed by atoms with Crippen molar-refractivity contribution in [2.45, 2.75) is 69.0 Å². The monoisotopic (exact) mass is 701 g/mol. The minimum absolute atomic E-state index is 0.00741. The second kappa shape index (κ2) is 16.7. The number of carbonyl (C=O) groups is 2. The van der Waals surface area contributed by atoms with Crippen LogP contribution in [0.1, 0.15) is 48.8 Å². The Balaban J connectivity index is 1.57. The molecule has 0 bridgehead atoms. The van der Waals surface area contributed by atoms with E-state index in [0.29, 0.717) is 5.75 Å². The summed E-state index contributed by atoms with van der Waals surface area (Å²) < 4.78 is 54.5. The van der Waals surface area contributed by atoms with E-state index in [1.54, 1.807) is 0 Å². The fourth-order valence-electron chi connectivity index (χ4n) is 6.23. The molecule has 11 heteroatoms. The van der Waals surface area contributed by atoms with Gasteiger partial charge in [-0.3, -0.25) is 13.9 Å². The number of amides is 2. The molecule has 0 heterocycles. The molecule has 1 saturated carbocycles. The molecule has 0 spiro atoms. The van der Waals surface area contributed by atoms with Gasteiger partial charge >= 0.3 is 0 Å². The Hall–Kier alpha value is -4.90. The number of carbonyl (C=O) groups excluding carboxylic acids is 2. The summed E-state index contributed by atoms with van der Waals surface area (Å²) in [4.78, 5) is 30.3. The number of aryl methyl sites for hydroxylation is 1. The van der Waals surface area contributed by atoms with Crippen LogP contribution in [0.15, 0.2) is 102 Å². The summed E-state index contributed by atoms with van der Waals surface area (Å²) in [6.07, 6.45) is 5.08. The molecule has 1 N–H and O–H groups in total. The van der Waals surface area contributed by atoms with Crippen LogP contribution >= 0.6 is 0 Å². The quantitative estimate of drug-likeness (QED) is 0.162. The molecule has 0 saturated heterocycles. The van der Waals surface area contributed by atoms with Gasteiger partial charge in [0, 0.05) is 25.1 Å². The number of rotatable bonds is 14. The summed E-state index contributed by atoms with van der Waals surface area (Å²) in [6.45, 7) is 1.36. The minimum Gasteiger partial charge on any atom is -0.493 e. The van der Waals surface area contributed by atoms with E-state index in [2.05, 4.69) is 5.32 Å². The van der Waals surface area contributed by atoms with Crippen LogP contribution in [0.5, 0.6) is 11.5 Å². The van der Waals surface area contributed by atoms with E-state index in [1.807, 2.05) is 61.5 Å². The average Bonchev–Trinajstić information content (AvgIpc) is 3.13. The van der Waals surface area contributed by atoms with Gasteiger partial charge in [0.1, 0.15) is 18.4 Å². The van der Waals surface area contributed by atoms with Crippen molar-refractivity contribution in [2.24, 2.45) is 0 Å². The van der Waals surface area contributed by atoms with Gasteiger partial charge in [0.2, 0.25) is 11.8 Å². The van der Waals surface area contributed by atoms with Crippen LogP contribution in [0.25, 0.3) is 0 Å². The molecule has 4 aromatic carbocycles. The van der Waals surface area contributed by atoms with Crippen LogP contribution in [-0.2, 0) is 32.6 Å². The third-order valence-corrected chi connectivity index (χ3v) is 10.8. The highest BCUT2D eigenvalue weighted by Gasteiger charge is 2.35. The normalized spacial score (nSPS) is 14.0. The number of methoxy groups -OCH3 is 2. The highest BCUT2D eigenvalue weighted by molar-refractivity contribution is 7.92. The van der Waals surface area contributed by atoms with Crippen LogP contribution in [-0.4, -0.2) is 58.0 Å². The number of benzene rings is 4. The highest BCUT2D eigenvalue weighted by Crippen LogP contribution is 2.32. The minimum atomic E-state index is -4.43. The Labute approximate surface area is 294 Å². The molecule has 1 aliphatic rings. The third kappa shape index (κ3) is 9.01. The van der Waals surface area contributed by atoms with Gasteiger partial charge in [-0.1, -0.05) is 79.4 Å². The fourth-order valence-corrected chi connectivity index (χ4v) is 7.66. The van der Waals surface area contributed by atoms with Crippen molar-refractivity contribution in [3.8, 4) is 11.5 Å². The molecule has 0 unspecified atom stereocenters. The molecule has 5 rings (SSSR count). The van der Waals surface area contributed by atoms with Gasteiger partial charge in [-0.2, -0.15) is 0 Å². The van der Waals surface area contributed by atoms with Gasteiger partial charge in [-0.15, -0.1) is 0 Å². The number of nitrogens with zero attached hydrogens (tertiary/aromatic N) is 2. The number of ether oxygens (including phenoxy) is 2. The first-order valence-electron chi connectivity index (χ1n) is 16.8. The van der Waals surface area contributed by atoms with Crippen LogP contribution in [0.3, 0.4) is 0 Å². The third-order valence-electron chi connectivity index (χ3n) is 9.03. The van der Waals surface area contributed by atoms with Gasteiger partial charge < -0.3 is 19.7 Å². The number of anilines is 1. The van der Waals surface area contributed by atoms with Crippen molar-refractivity contribution in [3.05, 3.63) is 120 Å². The number of sulfonamides is 1. The van der Waals surface area contributed by atoms with Crippen molar-refractivity contribution in [1.82, 2.24) is 10.2 Å². The van der Waals surface area contributed by atoms with E-state index in [-0.39, 0.29) is 41.2 Å². The zero-order chi connectivity index (χ0) is 35.7. The van der Waals surface area contributed by atoms with E-state index >= 15 is 0 Å². The van der Waals surface area contributed by atoms with Crippen LogP contribution in [0, 0.1) is 12.7 Å². The van der Waals surface area contributed by atoms with Crippen molar-refractivity contribution in [3.63, 3.8) is 0 Å². The molecular weight excluding hydrogens is 658 g/mol. The summed E-state index contributed by atoms with van der Waals surface area (Å²) in [5.41, 5.74) is 2.75. The second-order valence-electron chi connectivity index (χ2n) is 12.6. The van der Waals surface area contributed by atoms with Crippen molar-refractivity contribution < 1.29 is 31.9 Å². The van der Waals surface area contributed by atoms with Crippen LogP contribution in [0.4, 0.5) is 10.1 Å². The number of hydrogen-bond acceptors (Lipinski definition) is 6. The molecule has 1 atom stereocenters. The highest BCUT2D eigenvalue weighted by atomic mass is 32.2. The Kier molecular flexibility index (Phi) is 12.1. The first-order chi connectivity index (χ1) is 24.1. The summed E-state index contributed by atoms with van der Waals surface area (Å²) in [7, 11) is -1.60. The molecule has 0 aliphatic heterocycles. The molecule has 9 nitrogen and oxygen atoms in total. The predicted molar refractivity (Wildman–Crippen MR) is 191 cm³/mol. The lowest BCUT2D eigenvalue weighted by atomic mass is 9.94. The molecule has 1 aliphatic carbocycles. The van der Waals surface area contributed by atoms with Gasteiger partial charge in [0.05, 0.1) is 24.8 Å². The molecule has 2 amide bonds. The maximum absolute atomic E-state index is 14.7. The largest absolute Gasteiger partial charge is 0.493 e. The maximum Gasteiger partial charge on any atom is 0.264 e. The molecule has 264 valence electrons. The van der Waals surface area contributed by atoms with Crippen molar-refractivity contribution in [2.75, 3.05) is 25.1 Å². The standard InChI is InChI=1S/C39H44FN3O6S/c1-28-14-16-30(17-15-28)26-42(35(24-29-10-6-4-7-11-29)39(45)41-32-12-8-5-9-13-32)38(44)27-43(33-20-18-31(40)19-21-33)50(46,47)34-22-23-36(48-2)37(25-34)49-3/h4,6-7,10-11,14-23,25,32,35H,5,8-9,12-13,24,26-27H2,1-3H3,(H,41,45)/t35-/m0/s1. The van der Waals surface area contributed by atoms with E-state index in [1.165, 1.54) is 49.5 Å². The zero-order valence-corrected chi connectivity index (χ0v) is 29.5. The van der Waals surface area contributed by atoms with Gasteiger partial charge in [-0.25, -0.2) is 12.8 Å². The summed E-state index contributed by atoms with van der Waals surface area (Å²) in [5, 5.41) is 3.21. The molecule has 50 heavy (non-hydrogen) atoms. The maximum atomic E-state index is 14.7. The Bertz CT molecular complexity index is 1850. The molecule has 0 radical (unpaired) electrons. The molecule has 1 fully saturated rings. The van der Waals surface area contributed by atoms with E-state index in [0.717, 1.165) is 65.2 Å². The summed E-state index contributed by atoms with van der Waals surface area (Å²) >= 11 is 0. The lowest BCUT2D eigenvalue weighted by molar-refractivity contribution is -0.140. The number of nitrogens with one attached hydrogen (secondary N) is 1. The first kappa shape index (κ1) is 36.4. The SMILES string of the molecule is COc1ccc(S(=O)(=O)N(CC(=O)N(Cc2ccc(C)cc2)[C@@H](Cc2ccccc2)C(=O)NC2CCCCC2)c2ccc(F)cc2)cc1OC. The van der Waals surface area contributed by atoms with Crippen molar-refractivity contribution in [1.29, 1.82) is 0 Å². The van der Waals surface area contributed by atoms with Gasteiger partial charge in [0.15, 0.2) is 11.5 Å².